The molecule has 1 heterocycles. The second-order valence-electron chi connectivity index (χ2n) is 6.12. The first-order valence-electron chi connectivity index (χ1n) is 7.50. The number of nitro groups is 1. The number of non-ortho nitro benzene ring substituents is 1. The summed E-state index contributed by atoms with van der Waals surface area (Å²) in [4.78, 5) is 37.3. The Labute approximate surface area is 138 Å². The van der Waals surface area contributed by atoms with Gasteiger partial charge in [0.25, 0.3) is 5.69 Å². The fraction of sp³-hybridized carbons (Fsp3) is 0.222. The zero-order valence-corrected chi connectivity index (χ0v) is 13.4. The zero-order valence-electron chi connectivity index (χ0n) is 13.4. The molecule has 0 bridgehead atoms. The van der Waals surface area contributed by atoms with Gasteiger partial charge in [0.05, 0.1) is 10.3 Å². The average Bonchev–Trinajstić information content (AvgIpc) is 2.77. The highest BCUT2D eigenvalue weighted by molar-refractivity contribution is 6.11. The van der Waals surface area contributed by atoms with E-state index < -0.39 is 10.3 Å². The van der Waals surface area contributed by atoms with E-state index >= 15 is 0 Å². The van der Waals surface area contributed by atoms with E-state index in [0.29, 0.717) is 16.8 Å². The van der Waals surface area contributed by atoms with Crippen molar-refractivity contribution in [1.82, 2.24) is 0 Å². The number of nitrogens with zero attached hydrogens (tertiary/aromatic N) is 2. The first-order chi connectivity index (χ1) is 11.3. The summed E-state index contributed by atoms with van der Waals surface area (Å²) in [5.74, 6) is -0.401. The number of hydrogen-bond donors (Lipinski definition) is 0. The molecule has 1 amide bonds. The number of likely N-dealkylation sites (N-methyl/N-ethyl adjacent to an activating group) is 1. The highest BCUT2D eigenvalue weighted by Gasteiger charge is 2.48. The second-order valence-corrected chi connectivity index (χ2v) is 6.12. The molecule has 0 radical (unpaired) electrons. The predicted molar refractivity (Wildman–Crippen MR) is 89.2 cm³/mol. The highest BCUT2D eigenvalue weighted by Crippen LogP contribution is 2.45. The van der Waals surface area contributed by atoms with Crippen LogP contribution in [0.3, 0.4) is 0 Å². The van der Waals surface area contributed by atoms with E-state index in [1.165, 1.54) is 17.0 Å². The van der Waals surface area contributed by atoms with Crippen LogP contribution >= 0.6 is 0 Å². The molecule has 1 aliphatic rings. The molecule has 3 rings (SSSR count). The lowest BCUT2D eigenvalue weighted by Crippen LogP contribution is -2.37. The van der Waals surface area contributed by atoms with E-state index in [2.05, 4.69) is 0 Å². The van der Waals surface area contributed by atoms with E-state index in [4.69, 9.17) is 0 Å². The monoisotopic (exact) mass is 324 g/mol. The molecule has 0 aromatic heterocycles. The van der Waals surface area contributed by atoms with E-state index in [-0.39, 0.29) is 23.8 Å². The minimum absolute atomic E-state index is 0.0334. The molecular weight excluding hydrogens is 308 g/mol. The van der Waals surface area contributed by atoms with Gasteiger partial charge in [-0.15, -0.1) is 0 Å². The van der Waals surface area contributed by atoms with Crippen LogP contribution in [0.15, 0.2) is 48.5 Å². The van der Waals surface area contributed by atoms with Crippen LogP contribution in [0.4, 0.5) is 11.4 Å². The average molecular weight is 324 g/mol. The van der Waals surface area contributed by atoms with Crippen molar-refractivity contribution < 1.29 is 14.5 Å². The maximum absolute atomic E-state index is 12.7. The summed E-state index contributed by atoms with van der Waals surface area (Å²) in [6.45, 7) is 1.67. The second kappa shape index (κ2) is 5.56. The Hall–Kier alpha value is -3.02. The van der Waals surface area contributed by atoms with Crippen LogP contribution in [0.1, 0.15) is 29.3 Å². The Morgan fingerprint density at radius 1 is 1.21 bits per heavy atom. The van der Waals surface area contributed by atoms with E-state index in [0.717, 1.165) is 0 Å². The quantitative estimate of drug-likeness (QED) is 0.492. The van der Waals surface area contributed by atoms with Crippen molar-refractivity contribution in [2.24, 2.45) is 0 Å². The molecule has 0 saturated heterocycles. The number of benzene rings is 2. The first-order valence-corrected chi connectivity index (χ1v) is 7.50. The van der Waals surface area contributed by atoms with Crippen molar-refractivity contribution in [2.75, 3.05) is 11.9 Å². The Morgan fingerprint density at radius 2 is 1.88 bits per heavy atom. The van der Waals surface area contributed by atoms with Crippen LogP contribution in [0, 0.1) is 10.1 Å². The maximum Gasteiger partial charge on any atom is 0.269 e. The van der Waals surface area contributed by atoms with Gasteiger partial charge >= 0.3 is 0 Å². The number of nitro benzene ring substituents is 1. The summed E-state index contributed by atoms with van der Waals surface area (Å²) in [7, 11) is 1.62. The summed E-state index contributed by atoms with van der Waals surface area (Å²) >= 11 is 0. The lowest BCUT2D eigenvalue weighted by molar-refractivity contribution is -0.384. The van der Waals surface area contributed by atoms with Crippen LogP contribution in [0.25, 0.3) is 0 Å². The molecule has 0 spiro atoms. The normalized spacial score (nSPS) is 19.2. The first kappa shape index (κ1) is 15.9. The summed E-state index contributed by atoms with van der Waals surface area (Å²) in [5.41, 5.74) is 0.453. The van der Waals surface area contributed by atoms with Crippen LogP contribution in [0.5, 0.6) is 0 Å². The third kappa shape index (κ3) is 2.36. The molecule has 0 aliphatic carbocycles. The molecule has 24 heavy (non-hydrogen) atoms. The summed E-state index contributed by atoms with van der Waals surface area (Å²) in [6.07, 6.45) is -0.0334. The minimum atomic E-state index is -1.11. The third-order valence-electron chi connectivity index (χ3n) is 4.53. The molecule has 122 valence electrons. The fourth-order valence-electron chi connectivity index (χ4n) is 3.18. The summed E-state index contributed by atoms with van der Waals surface area (Å²) in [6, 6.07) is 13.1. The van der Waals surface area contributed by atoms with Gasteiger partial charge in [0.2, 0.25) is 5.91 Å². The number of rotatable bonds is 4. The van der Waals surface area contributed by atoms with E-state index in [1.807, 2.05) is 6.07 Å². The Morgan fingerprint density at radius 3 is 2.50 bits per heavy atom. The molecular formula is C18H16N2O4. The zero-order chi connectivity index (χ0) is 17.5. The van der Waals surface area contributed by atoms with Crippen molar-refractivity contribution >= 4 is 23.1 Å². The maximum atomic E-state index is 12.7. The molecule has 1 atom stereocenters. The number of Topliss-reactive ketones (excluding diaryl/α,β-unsaturated/α-hetero) is 1. The minimum Gasteiger partial charge on any atom is -0.314 e. The lowest BCUT2D eigenvalue weighted by atomic mass is 9.78. The van der Waals surface area contributed by atoms with Gasteiger partial charge in [-0.25, -0.2) is 0 Å². The van der Waals surface area contributed by atoms with Gasteiger partial charge in [0, 0.05) is 36.9 Å². The van der Waals surface area contributed by atoms with E-state index in [9.17, 15) is 19.7 Å². The van der Waals surface area contributed by atoms with Gasteiger partial charge in [0.15, 0.2) is 5.78 Å². The summed E-state index contributed by atoms with van der Waals surface area (Å²) in [5, 5.41) is 11.1. The number of hydrogen-bond acceptors (Lipinski definition) is 4. The lowest BCUT2D eigenvalue weighted by Gasteiger charge is -2.22. The van der Waals surface area contributed by atoms with Crippen molar-refractivity contribution in [2.45, 2.75) is 18.8 Å². The highest BCUT2D eigenvalue weighted by atomic mass is 16.6. The molecule has 6 heteroatoms. The largest absolute Gasteiger partial charge is 0.314 e. The van der Waals surface area contributed by atoms with Gasteiger partial charge in [0.1, 0.15) is 0 Å². The molecule has 0 N–H and O–H groups in total. The summed E-state index contributed by atoms with van der Waals surface area (Å²) < 4.78 is 0. The number of anilines is 1. The molecule has 1 aliphatic heterocycles. The van der Waals surface area contributed by atoms with Gasteiger partial charge in [-0.05, 0) is 18.6 Å². The number of amides is 1. The Bertz CT molecular complexity index is 847. The van der Waals surface area contributed by atoms with Crippen LogP contribution < -0.4 is 4.90 Å². The van der Waals surface area contributed by atoms with Gasteiger partial charge in [-0.1, -0.05) is 30.3 Å². The Kier molecular flexibility index (Phi) is 3.67. The fourth-order valence-corrected chi connectivity index (χ4v) is 3.18. The van der Waals surface area contributed by atoms with Gasteiger partial charge in [-0.2, -0.15) is 0 Å². The topological polar surface area (TPSA) is 80.5 Å². The molecule has 1 unspecified atom stereocenters. The van der Waals surface area contributed by atoms with E-state index in [1.54, 1.807) is 44.3 Å². The molecule has 2 aromatic carbocycles. The number of carbonyl (C=O) groups excluding carboxylic acids is 2. The van der Waals surface area contributed by atoms with Crippen LogP contribution in [0.2, 0.25) is 0 Å². The van der Waals surface area contributed by atoms with Gasteiger partial charge in [-0.3, -0.25) is 19.7 Å². The van der Waals surface area contributed by atoms with Crippen molar-refractivity contribution in [3.05, 3.63) is 69.8 Å². The standard InChI is InChI=1S/C18H16N2O4/c1-18(11-16(21)12-6-4-3-5-7-12)14-10-13(20(23)24)8-9-15(14)19(2)17(18)22/h3-10H,11H2,1-2H3. The predicted octanol–water partition coefficient (Wildman–Crippen LogP) is 3.10. The molecule has 0 saturated carbocycles. The molecule has 0 fully saturated rings. The van der Waals surface area contributed by atoms with Crippen LogP contribution in [-0.4, -0.2) is 23.7 Å². The van der Waals surface area contributed by atoms with Gasteiger partial charge < -0.3 is 4.90 Å². The molecule has 6 nitrogen and oxygen atoms in total. The Balaban J connectivity index is 2.04. The number of ketones is 1. The smallest absolute Gasteiger partial charge is 0.269 e. The SMILES string of the molecule is CN1C(=O)C(C)(CC(=O)c2ccccc2)c2cc([N+](=O)[O-])ccc21. The number of carbonyl (C=O) groups is 2. The van der Waals surface area contributed by atoms with Crippen LogP contribution in [-0.2, 0) is 10.2 Å². The third-order valence-corrected chi connectivity index (χ3v) is 4.53. The number of fused-ring (bicyclic) bond motifs is 1. The molecule has 2 aromatic rings. The van der Waals surface area contributed by atoms with Crippen molar-refractivity contribution in [3.63, 3.8) is 0 Å². The van der Waals surface area contributed by atoms with Crippen molar-refractivity contribution in [1.29, 1.82) is 0 Å². The van der Waals surface area contributed by atoms with Crippen molar-refractivity contribution in [3.8, 4) is 0 Å².